The van der Waals surface area contributed by atoms with Crippen molar-refractivity contribution in [3.8, 4) is 0 Å². The van der Waals surface area contributed by atoms with Crippen LogP contribution < -0.4 is 0 Å². The van der Waals surface area contributed by atoms with E-state index in [0.29, 0.717) is 18.1 Å². The van der Waals surface area contributed by atoms with Crippen molar-refractivity contribution in [1.82, 2.24) is 4.90 Å². The maximum absolute atomic E-state index is 10.4. The molecule has 1 atom stereocenters. The molecule has 0 bridgehead atoms. The van der Waals surface area contributed by atoms with E-state index >= 15 is 0 Å². The maximum atomic E-state index is 10.4. The number of hydrogen-bond acceptors (Lipinski definition) is 2. The quantitative estimate of drug-likeness (QED) is 0.714. The average molecular weight is 192 g/mol. The Morgan fingerprint density at radius 3 is 2.58 bits per heavy atom. The molecule has 0 aliphatic heterocycles. The van der Waals surface area contributed by atoms with Gasteiger partial charge in [-0.2, -0.15) is 0 Å². The minimum atomic E-state index is -0.790. The number of rotatable bonds is 5. The van der Waals surface area contributed by atoms with Crippen LogP contribution in [0.15, 0.2) is 11.6 Å². The highest BCUT2D eigenvalue weighted by Crippen LogP contribution is 2.03. The van der Waals surface area contributed by atoms with E-state index in [1.54, 1.807) is 6.92 Å². The first kappa shape index (κ1) is 11.5. The van der Waals surface area contributed by atoms with Gasteiger partial charge in [0, 0.05) is 18.1 Å². The smallest absolute Gasteiger partial charge is 0.307 e. The highest BCUT2D eigenvalue weighted by molar-refractivity contribution is 6.29. The van der Waals surface area contributed by atoms with Gasteiger partial charge >= 0.3 is 5.97 Å². The maximum Gasteiger partial charge on any atom is 0.307 e. The molecule has 0 spiro atoms. The third-order valence-electron chi connectivity index (χ3n) is 1.45. The van der Waals surface area contributed by atoms with Crippen LogP contribution in [0.1, 0.15) is 6.92 Å². The van der Waals surface area contributed by atoms with Crippen LogP contribution in [0, 0.1) is 5.92 Å². The topological polar surface area (TPSA) is 40.5 Å². The van der Waals surface area contributed by atoms with Gasteiger partial charge in [-0.05, 0) is 7.05 Å². The van der Waals surface area contributed by atoms with Crippen LogP contribution in [-0.2, 0) is 4.79 Å². The first-order valence-corrected chi connectivity index (χ1v) is 4.06. The number of halogens is 1. The third kappa shape index (κ3) is 5.16. The number of nitrogens with zero attached hydrogens (tertiary/aromatic N) is 1. The Kier molecular flexibility index (Phi) is 4.93. The summed E-state index contributed by atoms with van der Waals surface area (Å²) in [6.07, 6.45) is 0. The Labute approximate surface area is 77.6 Å². The molecule has 1 unspecified atom stereocenters. The van der Waals surface area contributed by atoms with Gasteiger partial charge in [0.25, 0.3) is 0 Å². The third-order valence-corrected chi connectivity index (χ3v) is 1.57. The summed E-state index contributed by atoms with van der Waals surface area (Å²) in [5.41, 5.74) is 0. The molecule has 12 heavy (non-hydrogen) atoms. The van der Waals surface area contributed by atoms with Gasteiger partial charge in [-0.15, -0.1) is 0 Å². The van der Waals surface area contributed by atoms with E-state index in [2.05, 4.69) is 6.58 Å². The molecule has 4 heteroatoms. The zero-order valence-electron chi connectivity index (χ0n) is 7.38. The summed E-state index contributed by atoms with van der Waals surface area (Å²) in [5, 5.41) is 9.11. The van der Waals surface area contributed by atoms with Crippen LogP contribution in [0.25, 0.3) is 0 Å². The summed E-state index contributed by atoms with van der Waals surface area (Å²) in [6, 6.07) is 0. The lowest BCUT2D eigenvalue weighted by Crippen LogP contribution is -2.29. The van der Waals surface area contributed by atoms with Gasteiger partial charge in [0.05, 0.1) is 5.92 Å². The van der Waals surface area contributed by atoms with E-state index in [0.717, 1.165) is 0 Å². The Hall–Kier alpha value is -0.540. The van der Waals surface area contributed by atoms with E-state index in [1.165, 1.54) is 0 Å². The average Bonchev–Trinajstić information content (AvgIpc) is 1.84. The Morgan fingerprint density at radius 2 is 2.25 bits per heavy atom. The Morgan fingerprint density at radius 1 is 1.75 bits per heavy atom. The van der Waals surface area contributed by atoms with Crippen molar-refractivity contribution in [2.24, 2.45) is 5.92 Å². The lowest BCUT2D eigenvalue weighted by atomic mass is 10.2. The summed E-state index contributed by atoms with van der Waals surface area (Å²) in [6.45, 7) is 6.20. The van der Waals surface area contributed by atoms with E-state index in [1.807, 2.05) is 11.9 Å². The van der Waals surface area contributed by atoms with Crippen LogP contribution in [0.4, 0.5) is 0 Å². The molecule has 3 nitrogen and oxygen atoms in total. The van der Waals surface area contributed by atoms with E-state index < -0.39 is 5.97 Å². The zero-order valence-corrected chi connectivity index (χ0v) is 8.14. The normalized spacial score (nSPS) is 13.0. The van der Waals surface area contributed by atoms with Crippen molar-refractivity contribution < 1.29 is 9.90 Å². The number of carboxylic acid groups (broad SMARTS) is 1. The molecule has 0 saturated heterocycles. The molecule has 0 heterocycles. The Balaban J connectivity index is 3.76. The molecule has 0 rings (SSSR count). The van der Waals surface area contributed by atoms with Crippen molar-refractivity contribution in [2.45, 2.75) is 6.92 Å². The molecular formula is C8H14ClNO2. The Bertz CT molecular complexity index is 182. The van der Waals surface area contributed by atoms with Gasteiger partial charge in [0.15, 0.2) is 0 Å². The lowest BCUT2D eigenvalue weighted by molar-refractivity contribution is -0.141. The molecule has 0 aromatic carbocycles. The van der Waals surface area contributed by atoms with Gasteiger partial charge in [-0.25, -0.2) is 0 Å². The van der Waals surface area contributed by atoms with Crippen molar-refractivity contribution in [2.75, 3.05) is 20.1 Å². The fraction of sp³-hybridized carbons (Fsp3) is 0.625. The van der Waals surface area contributed by atoms with Gasteiger partial charge < -0.3 is 10.0 Å². The van der Waals surface area contributed by atoms with Crippen molar-refractivity contribution in [3.05, 3.63) is 11.6 Å². The monoisotopic (exact) mass is 191 g/mol. The second-order valence-electron chi connectivity index (χ2n) is 2.95. The second-order valence-corrected chi connectivity index (χ2v) is 3.49. The molecule has 0 fully saturated rings. The predicted octanol–water partition coefficient (Wildman–Crippen LogP) is 1.39. The molecule has 0 saturated carbocycles. The molecule has 0 aliphatic rings. The predicted molar refractivity (Wildman–Crippen MR) is 49.3 cm³/mol. The number of hydrogen-bond donors (Lipinski definition) is 1. The van der Waals surface area contributed by atoms with Crippen LogP contribution in [-0.4, -0.2) is 36.1 Å². The molecule has 70 valence electrons. The molecule has 0 aromatic rings. The summed E-state index contributed by atoms with van der Waals surface area (Å²) >= 11 is 5.55. The van der Waals surface area contributed by atoms with Crippen LogP contribution in [0.2, 0.25) is 0 Å². The van der Waals surface area contributed by atoms with Gasteiger partial charge in [0.1, 0.15) is 0 Å². The van der Waals surface area contributed by atoms with Gasteiger partial charge in [-0.1, -0.05) is 25.1 Å². The molecule has 0 aliphatic carbocycles. The standard InChI is InChI=1S/C8H14ClNO2/c1-6(8(11)12)4-10(3)5-7(2)9/h6H,2,4-5H2,1,3H3,(H,11,12). The molecule has 0 aromatic heterocycles. The minimum absolute atomic E-state index is 0.369. The lowest BCUT2D eigenvalue weighted by Gasteiger charge is -2.17. The minimum Gasteiger partial charge on any atom is -0.481 e. The van der Waals surface area contributed by atoms with Crippen LogP contribution in [0.5, 0.6) is 0 Å². The largest absolute Gasteiger partial charge is 0.481 e. The summed E-state index contributed by atoms with van der Waals surface area (Å²) in [5.74, 6) is -1.16. The van der Waals surface area contributed by atoms with E-state index in [-0.39, 0.29) is 5.92 Å². The van der Waals surface area contributed by atoms with Crippen LogP contribution >= 0.6 is 11.6 Å². The molecule has 0 radical (unpaired) electrons. The van der Waals surface area contributed by atoms with E-state index in [4.69, 9.17) is 16.7 Å². The van der Waals surface area contributed by atoms with Crippen molar-refractivity contribution in [3.63, 3.8) is 0 Å². The number of aliphatic carboxylic acids is 1. The fourth-order valence-corrected chi connectivity index (χ4v) is 1.11. The molecule has 0 amide bonds. The van der Waals surface area contributed by atoms with E-state index in [9.17, 15) is 4.79 Å². The number of carbonyl (C=O) groups is 1. The summed E-state index contributed by atoms with van der Waals surface area (Å²) in [4.78, 5) is 12.3. The summed E-state index contributed by atoms with van der Waals surface area (Å²) < 4.78 is 0. The second kappa shape index (κ2) is 5.17. The molecule has 1 N–H and O–H groups in total. The number of likely N-dealkylation sites (N-methyl/N-ethyl adjacent to an activating group) is 1. The van der Waals surface area contributed by atoms with Crippen molar-refractivity contribution in [1.29, 1.82) is 0 Å². The van der Waals surface area contributed by atoms with Crippen molar-refractivity contribution >= 4 is 17.6 Å². The first-order valence-electron chi connectivity index (χ1n) is 3.68. The van der Waals surface area contributed by atoms with Crippen LogP contribution in [0.3, 0.4) is 0 Å². The first-order chi connectivity index (χ1) is 5.43. The number of carboxylic acids is 1. The highest BCUT2D eigenvalue weighted by atomic mass is 35.5. The van der Waals surface area contributed by atoms with Gasteiger partial charge in [0.2, 0.25) is 0 Å². The molecular weight excluding hydrogens is 178 g/mol. The fourth-order valence-electron chi connectivity index (χ4n) is 0.903. The zero-order chi connectivity index (χ0) is 9.72. The highest BCUT2D eigenvalue weighted by Gasteiger charge is 2.13. The van der Waals surface area contributed by atoms with Gasteiger partial charge in [-0.3, -0.25) is 4.79 Å². The summed E-state index contributed by atoms with van der Waals surface area (Å²) in [7, 11) is 1.81. The SMILES string of the molecule is C=C(Cl)CN(C)CC(C)C(=O)O.